The van der Waals surface area contributed by atoms with Gasteiger partial charge in [0.2, 0.25) is 0 Å². The summed E-state index contributed by atoms with van der Waals surface area (Å²) in [6, 6.07) is 7.38. The van der Waals surface area contributed by atoms with Crippen LogP contribution in [0.15, 0.2) is 36.7 Å². The van der Waals surface area contributed by atoms with E-state index in [1.165, 1.54) is 0 Å². The van der Waals surface area contributed by atoms with Gasteiger partial charge in [-0.2, -0.15) is 0 Å². The van der Waals surface area contributed by atoms with Crippen molar-refractivity contribution in [3.8, 4) is 5.69 Å². The lowest BCUT2D eigenvalue weighted by Crippen LogP contribution is -2.46. The van der Waals surface area contributed by atoms with Crippen molar-refractivity contribution in [2.45, 2.75) is 26.2 Å². The summed E-state index contributed by atoms with van der Waals surface area (Å²) in [7, 11) is 0. The summed E-state index contributed by atoms with van der Waals surface area (Å²) in [5, 5.41) is 20.2. The monoisotopic (exact) mass is 329 g/mol. The first-order valence-electron chi connectivity index (χ1n) is 8.29. The summed E-state index contributed by atoms with van der Waals surface area (Å²) in [5.74, 6) is 0. The highest BCUT2D eigenvalue weighted by molar-refractivity contribution is 5.89. The predicted octanol–water partition coefficient (Wildman–Crippen LogP) is 2.28. The Morgan fingerprint density at radius 1 is 1.29 bits per heavy atom. The average Bonchev–Trinajstić information content (AvgIpc) is 3.17. The van der Waals surface area contributed by atoms with Gasteiger partial charge in [-0.15, -0.1) is 5.10 Å². The number of aliphatic hydroxyl groups is 1. The number of nitrogens with one attached hydrogen (secondary N) is 1. The molecule has 2 N–H and O–H groups in total. The predicted molar refractivity (Wildman–Crippen MR) is 91.0 cm³/mol. The maximum Gasteiger partial charge on any atom is 0.321 e. The molecule has 0 aliphatic carbocycles. The van der Waals surface area contributed by atoms with Crippen molar-refractivity contribution >= 4 is 11.7 Å². The number of likely N-dealkylation sites (tertiary alicyclic amines) is 1. The van der Waals surface area contributed by atoms with Gasteiger partial charge < -0.3 is 15.3 Å². The number of carbonyl (C=O) groups excluding carboxylic acids is 1. The number of nitrogens with zero attached hydrogens (tertiary/aromatic N) is 4. The summed E-state index contributed by atoms with van der Waals surface area (Å²) >= 11 is 0. The molecule has 128 valence electrons. The number of benzene rings is 1. The van der Waals surface area contributed by atoms with Crippen LogP contribution in [-0.4, -0.2) is 50.7 Å². The van der Waals surface area contributed by atoms with Crippen molar-refractivity contribution < 1.29 is 9.90 Å². The van der Waals surface area contributed by atoms with Crippen LogP contribution in [0.4, 0.5) is 10.5 Å². The lowest BCUT2D eigenvalue weighted by Gasteiger charge is -2.40. The van der Waals surface area contributed by atoms with Gasteiger partial charge in [0.1, 0.15) is 0 Å². The van der Waals surface area contributed by atoms with Gasteiger partial charge in [-0.3, -0.25) is 0 Å². The molecule has 1 aromatic heterocycles. The van der Waals surface area contributed by atoms with Crippen molar-refractivity contribution in [2.24, 2.45) is 5.41 Å². The Labute approximate surface area is 141 Å². The quantitative estimate of drug-likeness (QED) is 0.901. The first kappa shape index (κ1) is 16.4. The molecule has 1 fully saturated rings. The van der Waals surface area contributed by atoms with Crippen LogP contribution >= 0.6 is 0 Å². The van der Waals surface area contributed by atoms with Crippen molar-refractivity contribution in [1.29, 1.82) is 0 Å². The SMILES string of the molecule is CCC1(CO)CCN(C(=O)Nc2ccc(-n3ccnn3)cc2)CC1. The van der Waals surface area contributed by atoms with E-state index in [0.29, 0.717) is 13.1 Å². The van der Waals surface area contributed by atoms with E-state index in [-0.39, 0.29) is 18.1 Å². The number of aliphatic hydroxyl groups excluding tert-OH is 1. The van der Waals surface area contributed by atoms with Gasteiger partial charge in [-0.05, 0) is 48.9 Å². The van der Waals surface area contributed by atoms with Gasteiger partial charge >= 0.3 is 6.03 Å². The number of aromatic nitrogens is 3. The fourth-order valence-electron chi connectivity index (χ4n) is 3.05. The Bertz CT molecular complexity index is 655. The van der Waals surface area contributed by atoms with Crippen molar-refractivity contribution in [3.05, 3.63) is 36.7 Å². The van der Waals surface area contributed by atoms with E-state index in [4.69, 9.17) is 0 Å². The summed E-state index contributed by atoms with van der Waals surface area (Å²) in [4.78, 5) is 14.2. The summed E-state index contributed by atoms with van der Waals surface area (Å²) in [6.45, 7) is 3.65. The zero-order valence-electron chi connectivity index (χ0n) is 13.9. The standard InChI is InChI=1S/C17H23N5O2/c1-2-17(13-23)7-10-21(11-8-17)16(24)19-14-3-5-15(6-4-14)22-12-9-18-20-22/h3-6,9,12,23H,2,7-8,10-11,13H2,1H3,(H,19,24). The van der Waals surface area contributed by atoms with Crippen LogP contribution in [0, 0.1) is 5.41 Å². The van der Waals surface area contributed by atoms with E-state index in [1.54, 1.807) is 17.1 Å². The fourth-order valence-corrected chi connectivity index (χ4v) is 3.05. The second kappa shape index (κ2) is 7.00. The van der Waals surface area contributed by atoms with Crippen molar-refractivity contribution in [3.63, 3.8) is 0 Å². The Hall–Kier alpha value is -2.41. The van der Waals surface area contributed by atoms with Crippen LogP contribution in [-0.2, 0) is 0 Å². The minimum atomic E-state index is -0.0915. The number of hydrogen-bond acceptors (Lipinski definition) is 4. The number of rotatable bonds is 4. The fraction of sp³-hybridized carbons (Fsp3) is 0.471. The van der Waals surface area contributed by atoms with E-state index in [2.05, 4.69) is 22.6 Å². The summed E-state index contributed by atoms with van der Waals surface area (Å²) in [5.41, 5.74) is 1.62. The highest BCUT2D eigenvalue weighted by atomic mass is 16.3. The molecule has 2 aromatic rings. The second-order valence-electron chi connectivity index (χ2n) is 6.32. The zero-order valence-corrected chi connectivity index (χ0v) is 13.9. The molecule has 7 nitrogen and oxygen atoms in total. The molecule has 0 radical (unpaired) electrons. The van der Waals surface area contributed by atoms with Gasteiger partial charge in [0, 0.05) is 25.4 Å². The average molecular weight is 329 g/mol. The molecule has 3 rings (SSSR count). The van der Waals surface area contributed by atoms with E-state index >= 15 is 0 Å². The van der Waals surface area contributed by atoms with E-state index in [9.17, 15) is 9.90 Å². The Kier molecular flexibility index (Phi) is 4.80. The van der Waals surface area contributed by atoms with Crippen molar-refractivity contribution in [2.75, 3.05) is 25.0 Å². The maximum atomic E-state index is 12.4. The topological polar surface area (TPSA) is 83.3 Å². The third-order valence-corrected chi connectivity index (χ3v) is 5.00. The molecular weight excluding hydrogens is 306 g/mol. The van der Waals surface area contributed by atoms with E-state index in [1.807, 2.05) is 29.2 Å². The van der Waals surface area contributed by atoms with Gasteiger partial charge in [0.15, 0.2) is 0 Å². The highest BCUT2D eigenvalue weighted by Gasteiger charge is 2.33. The molecule has 2 amide bonds. The highest BCUT2D eigenvalue weighted by Crippen LogP contribution is 2.34. The van der Waals surface area contributed by atoms with Gasteiger partial charge in [0.25, 0.3) is 0 Å². The van der Waals surface area contributed by atoms with Crippen LogP contribution < -0.4 is 5.32 Å². The van der Waals surface area contributed by atoms with Crippen LogP contribution in [0.5, 0.6) is 0 Å². The van der Waals surface area contributed by atoms with Gasteiger partial charge in [0.05, 0.1) is 18.1 Å². The molecule has 1 saturated heterocycles. The lowest BCUT2D eigenvalue weighted by atomic mass is 9.77. The lowest BCUT2D eigenvalue weighted by molar-refractivity contribution is 0.0542. The molecule has 0 atom stereocenters. The third-order valence-electron chi connectivity index (χ3n) is 5.00. The molecule has 1 aliphatic rings. The van der Waals surface area contributed by atoms with Crippen molar-refractivity contribution in [1.82, 2.24) is 19.9 Å². The minimum Gasteiger partial charge on any atom is -0.396 e. The van der Waals surface area contributed by atoms with Crippen LogP contribution in [0.1, 0.15) is 26.2 Å². The molecule has 2 heterocycles. The Balaban J connectivity index is 1.57. The molecule has 0 unspecified atom stereocenters. The minimum absolute atomic E-state index is 0.0176. The molecule has 1 aromatic carbocycles. The second-order valence-corrected chi connectivity index (χ2v) is 6.32. The molecule has 1 aliphatic heterocycles. The third kappa shape index (κ3) is 3.41. The Morgan fingerprint density at radius 3 is 2.54 bits per heavy atom. The van der Waals surface area contributed by atoms with Gasteiger partial charge in [-0.25, -0.2) is 9.48 Å². The Morgan fingerprint density at radius 2 is 2.00 bits per heavy atom. The first-order valence-corrected chi connectivity index (χ1v) is 8.29. The largest absolute Gasteiger partial charge is 0.396 e. The van der Waals surface area contributed by atoms with E-state index in [0.717, 1.165) is 30.6 Å². The van der Waals surface area contributed by atoms with Gasteiger partial charge in [-0.1, -0.05) is 12.1 Å². The number of carbonyl (C=O) groups is 1. The number of amides is 2. The number of piperidine rings is 1. The molecule has 7 heteroatoms. The smallest absolute Gasteiger partial charge is 0.321 e. The molecular formula is C17H23N5O2. The summed E-state index contributed by atoms with van der Waals surface area (Å²) < 4.78 is 1.66. The molecule has 24 heavy (non-hydrogen) atoms. The first-order chi connectivity index (χ1) is 11.7. The summed E-state index contributed by atoms with van der Waals surface area (Å²) in [6.07, 6.45) is 6.03. The molecule has 0 saturated carbocycles. The number of hydrogen-bond donors (Lipinski definition) is 2. The maximum absolute atomic E-state index is 12.4. The normalized spacial score (nSPS) is 16.8. The van der Waals surface area contributed by atoms with E-state index < -0.39 is 0 Å². The van der Waals surface area contributed by atoms with Crippen LogP contribution in [0.2, 0.25) is 0 Å². The van der Waals surface area contributed by atoms with Crippen LogP contribution in [0.25, 0.3) is 5.69 Å². The number of urea groups is 1. The van der Waals surface area contributed by atoms with Crippen LogP contribution in [0.3, 0.4) is 0 Å². The zero-order chi connectivity index (χ0) is 17.0. The molecule has 0 spiro atoms. The number of anilines is 1. The molecule has 0 bridgehead atoms.